The van der Waals surface area contributed by atoms with Gasteiger partial charge in [-0.05, 0) is 47.9 Å². The highest BCUT2D eigenvalue weighted by Gasteiger charge is 2.11. The van der Waals surface area contributed by atoms with E-state index in [2.05, 4.69) is 17.4 Å². The molecule has 0 saturated carbocycles. The van der Waals surface area contributed by atoms with Gasteiger partial charge in [-0.3, -0.25) is 0 Å². The van der Waals surface area contributed by atoms with Gasteiger partial charge >= 0.3 is 0 Å². The molecular weight excluding hydrogens is 241 g/mol. The first-order valence-electron chi connectivity index (χ1n) is 6.47. The Kier molecular flexibility index (Phi) is 3.11. The van der Waals surface area contributed by atoms with E-state index >= 15 is 0 Å². The van der Waals surface area contributed by atoms with Crippen molar-refractivity contribution in [1.29, 1.82) is 0 Å². The molecule has 0 unspecified atom stereocenters. The van der Waals surface area contributed by atoms with Crippen molar-refractivity contribution in [3.63, 3.8) is 0 Å². The van der Waals surface area contributed by atoms with E-state index in [0.29, 0.717) is 0 Å². The van der Waals surface area contributed by atoms with Crippen molar-refractivity contribution in [1.82, 2.24) is 0 Å². The van der Waals surface area contributed by atoms with Crippen molar-refractivity contribution in [2.24, 2.45) is 0 Å². The van der Waals surface area contributed by atoms with Crippen LogP contribution in [0, 0.1) is 12.7 Å². The summed E-state index contributed by atoms with van der Waals surface area (Å²) >= 11 is 0. The zero-order valence-electron chi connectivity index (χ0n) is 10.9. The summed E-state index contributed by atoms with van der Waals surface area (Å²) < 4.78 is 18.5. The average molecular weight is 257 g/mol. The van der Waals surface area contributed by atoms with Crippen LogP contribution in [-0.4, -0.2) is 6.61 Å². The molecule has 0 spiro atoms. The highest BCUT2D eigenvalue weighted by molar-refractivity contribution is 5.51. The quantitative estimate of drug-likeness (QED) is 0.905. The van der Waals surface area contributed by atoms with Gasteiger partial charge in [0.25, 0.3) is 0 Å². The molecule has 19 heavy (non-hydrogen) atoms. The third-order valence-corrected chi connectivity index (χ3v) is 3.43. The number of rotatable bonds is 3. The minimum atomic E-state index is -0.197. The van der Waals surface area contributed by atoms with Gasteiger partial charge in [0.05, 0.1) is 6.61 Å². The van der Waals surface area contributed by atoms with Crippen LogP contribution in [0.3, 0.4) is 0 Å². The maximum absolute atomic E-state index is 13.0. The van der Waals surface area contributed by atoms with Crippen LogP contribution in [0.15, 0.2) is 36.4 Å². The van der Waals surface area contributed by atoms with E-state index in [0.717, 1.165) is 36.6 Å². The van der Waals surface area contributed by atoms with Crippen LogP contribution in [0.5, 0.6) is 5.75 Å². The standard InChI is InChI=1S/C16H16FNO/c1-11-8-14(17)3-4-15(11)18-10-12-2-5-16-13(9-12)6-7-19-16/h2-5,8-9,18H,6-7,10H2,1H3. The smallest absolute Gasteiger partial charge is 0.123 e. The molecular formula is C16H16FNO. The number of ether oxygens (including phenoxy) is 1. The zero-order chi connectivity index (χ0) is 13.2. The fourth-order valence-electron chi connectivity index (χ4n) is 2.37. The second-order valence-electron chi connectivity index (χ2n) is 4.85. The highest BCUT2D eigenvalue weighted by Crippen LogP contribution is 2.26. The minimum Gasteiger partial charge on any atom is -0.493 e. The summed E-state index contributed by atoms with van der Waals surface area (Å²) in [5, 5.41) is 3.34. The molecule has 2 aromatic carbocycles. The lowest BCUT2D eigenvalue weighted by molar-refractivity contribution is 0.357. The second kappa shape index (κ2) is 4.92. The van der Waals surface area contributed by atoms with Crippen LogP contribution in [0.25, 0.3) is 0 Å². The van der Waals surface area contributed by atoms with Crippen LogP contribution < -0.4 is 10.1 Å². The number of fused-ring (bicyclic) bond motifs is 1. The van der Waals surface area contributed by atoms with Crippen molar-refractivity contribution < 1.29 is 9.13 Å². The average Bonchev–Trinajstić information content (AvgIpc) is 2.85. The van der Waals surface area contributed by atoms with Gasteiger partial charge in [-0.25, -0.2) is 4.39 Å². The van der Waals surface area contributed by atoms with Crippen LogP contribution in [0.1, 0.15) is 16.7 Å². The number of benzene rings is 2. The lowest BCUT2D eigenvalue weighted by Crippen LogP contribution is -2.01. The Labute approximate surface area is 112 Å². The molecule has 0 saturated heterocycles. The van der Waals surface area contributed by atoms with Gasteiger partial charge in [0.15, 0.2) is 0 Å². The molecule has 3 rings (SSSR count). The van der Waals surface area contributed by atoms with Gasteiger partial charge < -0.3 is 10.1 Å². The first kappa shape index (κ1) is 12.0. The number of aryl methyl sites for hydroxylation is 1. The number of halogens is 1. The molecule has 0 fully saturated rings. The lowest BCUT2D eigenvalue weighted by Gasteiger charge is -2.10. The summed E-state index contributed by atoms with van der Waals surface area (Å²) in [6, 6.07) is 11.1. The van der Waals surface area contributed by atoms with Gasteiger partial charge in [-0.15, -0.1) is 0 Å². The predicted octanol–water partition coefficient (Wildman–Crippen LogP) is 3.68. The third kappa shape index (κ3) is 2.55. The van der Waals surface area contributed by atoms with E-state index in [1.54, 1.807) is 12.1 Å². The fraction of sp³-hybridized carbons (Fsp3) is 0.250. The first-order valence-corrected chi connectivity index (χ1v) is 6.47. The summed E-state index contributed by atoms with van der Waals surface area (Å²) in [6.07, 6.45) is 0.985. The topological polar surface area (TPSA) is 21.3 Å². The molecule has 0 atom stereocenters. The molecule has 1 aliphatic rings. The van der Waals surface area contributed by atoms with Crippen molar-refractivity contribution in [2.45, 2.75) is 19.9 Å². The molecule has 1 aliphatic heterocycles. The number of anilines is 1. The summed E-state index contributed by atoms with van der Waals surface area (Å²) in [5.41, 5.74) is 4.38. The van der Waals surface area contributed by atoms with E-state index < -0.39 is 0 Å². The van der Waals surface area contributed by atoms with Gasteiger partial charge in [0.1, 0.15) is 11.6 Å². The van der Waals surface area contributed by atoms with Crippen LogP contribution in [0.4, 0.5) is 10.1 Å². The molecule has 0 bridgehead atoms. The van der Waals surface area contributed by atoms with Crippen molar-refractivity contribution in [2.75, 3.05) is 11.9 Å². The molecule has 2 nitrogen and oxygen atoms in total. The summed E-state index contributed by atoms with van der Waals surface area (Å²) in [5.74, 6) is 0.805. The molecule has 0 radical (unpaired) electrons. The van der Waals surface area contributed by atoms with E-state index in [1.807, 2.05) is 13.0 Å². The fourth-order valence-corrected chi connectivity index (χ4v) is 2.37. The molecule has 0 amide bonds. The maximum atomic E-state index is 13.0. The van der Waals surface area contributed by atoms with E-state index in [1.165, 1.54) is 17.2 Å². The van der Waals surface area contributed by atoms with Gasteiger partial charge in [0.2, 0.25) is 0 Å². The summed E-state index contributed by atoms with van der Waals surface area (Å²) in [4.78, 5) is 0. The van der Waals surface area contributed by atoms with E-state index in [4.69, 9.17) is 4.74 Å². The first-order chi connectivity index (χ1) is 9.22. The number of hydrogen-bond donors (Lipinski definition) is 1. The van der Waals surface area contributed by atoms with Crippen LogP contribution >= 0.6 is 0 Å². The SMILES string of the molecule is Cc1cc(F)ccc1NCc1ccc2c(c1)CCO2. The normalized spacial score (nSPS) is 12.9. The van der Waals surface area contributed by atoms with E-state index in [-0.39, 0.29) is 5.82 Å². The molecule has 1 heterocycles. The van der Waals surface area contributed by atoms with Crippen LogP contribution in [0.2, 0.25) is 0 Å². The lowest BCUT2D eigenvalue weighted by atomic mass is 10.1. The second-order valence-corrected chi connectivity index (χ2v) is 4.85. The van der Waals surface area contributed by atoms with Crippen molar-refractivity contribution in [3.8, 4) is 5.75 Å². The molecule has 98 valence electrons. The minimum absolute atomic E-state index is 0.197. The molecule has 0 aliphatic carbocycles. The largest absolute Gasteiger partial charge is 0.493 e. The van der Waals surface area contributed by atoms with Gasteiger partial charge in [0, 0.05) is 18.7 Å². The third-order valence-electron chi connectivity index (χ3n) is 3.43. The van der Waals surface area contributed by atoms with Crippen molar-refractivity contribution in [3.05, 3.63) is 58.9 Å². The van der Waals surface area contributed by atoms with Crippen LogP contribution in [-0.2, 0) is 13.0 Å². The maximum Gasteiger partial charge on any atom is 0.123 e. The molecule has 0 aromatic heterocycles. The molecule has 3 heteroatoms. The number of nitrogens with one attached hydrogen (secondary N) is 1. The Morgan fingerprint density at radius 3 is 2.95 bits per heavy atom. The Morgan fingerprint density at radius 1 is 1.21 bits per heavy atom. The van der Waals surface area contributed by atoms with Gasteiger partial charge in [-0.2, -0.15) is 0 Å². The Balaban J connectivity index is 1.72. The highest BCUT2D eigenvalue weighted by atomic mass is 19.1. The Hall–Kier alpha value is -2.03. The Bertz CT molecular complexity index is 610. The van der Waals surface area contributed by atoms with E-state index in [9.17, 15) is 4.39 Å². The summed E-state index contributed by atoms with van der Waals surface area (Å²) in [6.45, 7) is 3.42. The molecule has 2 aromatic rings. The Morgan fingerprint density at radius 2 is 2.11 bits per heavy atom. The number of hydrogen-bond acceptors (Lipinski definition) is 2. The van der Waals surface area contributed by atoms with Gasteiger partial charge in [-0.1, -0.05) is 12.1 Å². The molecule has 1 N–H and O–H groups in total. The van der Waals surface area contributed by atoms with Crippen molar-refractivity contribution >= 4 is 5.69 Å². The summed E-state index contributed by atoms with van der Waals surface area (Å²) in [7, 11) is 0. The predicted molar refractivity (Wildman–Crippen MR) is 74.1 cm³/mol. The monoisotopic (exact) mass is 257 g/mol. The zero-order valence-corrected chi connectivity index (χ0v) is 10.9.